The molecular weight excluding hydrogens is 245 g/mol. The summed E-state index contributed by atoms with van der Waals surface area (Å²) in [6.07, 6.45) is 0. The average molecular weight is 256 g/mol. The molecule has 16 heavy (non-hydrogen) atoms. The highest BCUT2D eigenvalue weighted by atomic mass is 35.5. The van der Waals surface area contributed by atoms with Gasteiger partial charge in [0.15, 0.2) is 5.78 Å². The summed E-state index contributed by atoms with van der Waals surface area (Å²) in [6.45, 7) is 4.23. The second kappa shape index (κ2) is 4.11. The maximum Gasteiger partial charge on any atom is 0.163 e. The van der Waals surface area contributed by atoms with Crippen LogP contribution in [0, 0.1) is 0 Å². The third-order valence-electron chi connectivity index (χ3n) is 2.63. The van der Waals surface area contributed by atoms with E-state index < -0.39 is 0 Å². The van der Waals surface area contributed by atoms with Crippen molar-refractivity contribution in [3.05, 3.63) is 33.9 Å². The summed E-state index contributed by atoms with van der Waals surface area (Å²) in [5, 5.41) is 1.93. The van der Waals surface area contributed by atoms with Crippen LogP contribution in [0.4, 0.5) is 0 Å². The molecule has 2 aromatic rings. The van der Waals surface area contributed by atoms with Crippen LogP contribution in [0.3, 0.4) is 0 Å². The molecule has 0 spiro atoms. The summed E-state index contributed by atoms with van der Waals surface area (Å²) < 4.78 is 1.91. The normalized spacial score (nSPS) is 11.0. The molecular formula is C12H11Cl2NO. The Kier molecular flexibility index (Phi) is 2.96. The van der Waals surface area contributed by atoms with Crippen molar-refractivity contribution in [1.82, 2.24) is 4.57 Å². The Morgan fingerprint density at radius 3 is 2.62 bits per heavy atom. The lowest BCUT2D eigenvalue weighted by atomic mass is 10.1. The first-order chi connectivity index (χ1) is 7.56. The number of fused-ring (bicyclic) bond motifs is 1. The van der Waals surface area contributed by atoms with E-state index in [1.54, 1.807) is 12.1 Å². The fourth-order valence-electron chi connectivity index (χ4n) is 1.94. The van der Waals surface area contributed by atoms with Gasteiger partial charge in [-0.05, 0) is 32.0 Å². The molecule has 0 saturated heterocycles. The summed E-state index contributed by atoms with van der Waals surface area (Å²) in [5.41, 5.74) is 1.50. The quantitative estimate of drug-likeness (QED) is 0.739. The molecule has 0 aliphatic carbocycles. The molecule has 0 N–H and O–H groups in total. The molecule has 1 heterocycles. The fraction of sp³-hybridized carbons (Fsp3) is 0.250. The molecule has 0 aliphatic rings. The van der Waals surface area contributed by atoms with Crippen LogP contribution in [0.15, 0.2) is 18.2 Å². The van der Waals surface area contributed by atoms with Gasteiger partial charge in [0.2, 0.25) is 0 Å². The SMILES string of the molecule is CCn1c(Cl)c(C(C)=O)c2cc(Cl)ccc21. The van der Waals surface area contributed by atoms with E-state index in [0.717, 1.165) is 17.4 Å². The van der Waals surface area contributed by atoms with E-state index in [9.17, 15) is 4.79 Å². The molecule has 84 valence electrons. The Bertz CT molecular complexity index is 572. The maximum absolute atomic E-state index is 11.6. The van der Waals surface area contributed by atoms with Crippen molar-refractivity contribution in [2.45, 2.75) is 20.4 Å². The van der Waals surface area contributed by atoms with Gasteiger partial charge in [0.25, 0.3) is 0 Å². The van der Waals surface area contributed by atoms with E-state index in [-0.39, 0.29) is 5.78 Å². The van der Waals surface area contributed by atoms with Gasteiger partial charge in [-0.3, -0.25) is 4.79 Å². The summed E-state index contributed by atoms with van der Waals surface area (Å²) >= 11 is 12.1. The van der Waals surface area contributed by atoms with E-state index in [1.165, 1.54) is 6.92 Å². The van der Waals surface area contributed by atoms with Crippen LogP contribution >= 0.6 is 23.2 Å². The number of nitrogens with zero attached hydrogens (tertiary/aromatic N) is 1. The number of benzene rings is 1. The van der Waals surface area contributed by atoms with Gasteiger partial charge < -0.3 is 4.57 Å². The second-order valence-corrected chi connectivity index (χ2v) is 4.42. The van der Waals surface area contributed by atoms with Gasteiger partial charge in [-0.15, -0.1) is 0 Å². The van der Waals surface area contributed by atoms with Crippen LogP contribution in [-0.2, 0) is 6.54 Å². The minimum Gasteiger partial charge on any atom is -0.331 e. The zero-order valence-corrected chi connectivity index (χ0v) is 10.6. The number of halogens is 2. The zero-order chi connectivity index (χ0) is 11.9. The molecule has 0 bridgehead atoms. The Labute approximate surface area is 104 Å². The highest BCUT2D eigenvalue weighted by Crippen LogP contribution is 2.32. The van der Waals surface area contributed by atoms with Crippen molar-refractivity contribution in [3.8, 4) is 0 Å². The summed E-state index contributed by atoms with van der Waals surface area (Å²) in [6, 6.07) is 5.47. The van der Waals surface area contributed by atoms with Crippen molar-refractivity contribution >= 4 is 39.9 Å². The van der Waals surface area contributed by atoms with Crippen molar-refractivity contribution in [2.75, 3.05) is 0 Å². The van der Waals surface area contributed by atoms with Crippen LogP contribution in [-0.4, -0.2) is 10.4 Å². The van der Waals surface area contributed by atoms with Gasteiger partial charge >= 0.3 is 0 Å². The summed E-state index contributed by atoms with van der Waals surface area (Å²) in [4.78, 5) is 11.6. The first kappa shape index (κ1) is 11.5. The van der Waals surface area contributed by atoms with Crippen LogP contribution in [0.1, 0.15) is 24.2 Å². The number of carbonyl (C=O) groups is 1. The largest absolute Gasteiger partial charge is 0.331 e. The van der Waals surface area contributed by atoms with E-state index in [4.69, 9.17) is 23.2 Å². The van der Waals surface area contributed by atoms with Crippen LogP contribution < -0.4 is 0 Å². The van der Waals surface area contributed by atoms with Gasteiger partial charge in [-0.1, -0.05) is 23.2 Å². The summed E-state index contributed by atoms with van der Waals surface area (Å²) in [5.74, 6) is -0.0375. The third kappa shape index (κ3) is 1.62. The topological polar surface area (TPSA) is 22.0 Å². The standard InChI is InChI=1S/C12H11Cl2NO/c1-3-15-10-5-4-8(13)6-9(10)11(7(2)16)12(15)14/h4-6H,3H2,1-2H3. The number of hydrogen-bond acceptors (Lipinski definition) is 1. The monoisotopic (exact) mass is 255 g/mol. The number of hydrogen-bond donors (Lipinski definition) is 0. The summed E-state index contributed by atoms with van der Waals surface area (Å²) in [7, 11) is 0. The van der Waals surface area contributed by atoms with Crippen molar-refractivity contribution in [1.29, 1.82) is 0 Å². The van der Waals surface area contributed by atoms with E-state index in [1.807, 2.05) is 17.6 Å². The number of ketones is 1. The van der Waals surface area contributed by atoms with E-state index in [0.29, 0.717) is 15.7 Å². The fourth-order valence-corrected chi connectivity index (χ4v) is 2.56. The Morgan fingerprint density at radius 2 is 2.06 bits per heavy atom. The lowest BCUT2D eigenvalue weighted by molar-refractivity contribution is 0.101. The highest BCUT2D eigenvalue weighted by molar-refractivity contribution is 6.36. The molecule has 0 aliphatic heterocycles. The zero-order valence-electron chi connectivity index (χ0n) is 9.05. The third-order valence-corrected chi connectivity index (χ3v) is 3.26. The predicted octanol–water partition coefficient (Wildman–Crippen LogP) is 4.17. The lowest BCUT2D eigenvalue weighted by Crippen LogP contribution is -1.95. The lowest BCUT2D eigenvalue weighted by Gasteiger charge is -2.01. The highest BCUT2D eigenvalue weighted by Gasteiger charge is 2.17. The Balaban J connectivity index is 2.92. The van der Waals surface area contributed by atoms with Gasteiger partial charge in [0, 0.05) is 17.0 Å². The minimum atomic E-state index is -0.0375. The molecule has 0 atom stereocenters. The van der Waals surface area contributed by atoms with Gasteiger partial charge in [-0.2, -0.15) is 0 Å². The number of Topliss-reactive ketones (excluding diaryl/α,β-unsaturated/α-hetero) is 1. The average Bonchev–Trinajstić information content (AvgIpc) is 2.48. The minimum absolute atomic E-state index is 0.0375. The number of rotatable bonds is 2. The molecule has 4 heteroatoms. The van der Waals surface area contributed by atoms with Crippen LogP contribution in [0.2, 0.25) is 10.2 Å². The molecule has 1 aromatic heterocycles. The predicted molar refractivity (Wildman–Crippen MR) is 67.6 cm³/mol. The van der Waals surface area contributed by atoms with Gasteiger partial charge in [0.1, 0.15) is 5.15 Å². The number of aromatic nitrogens is 1. The Morgan fingerprint density at radius 1 is 1.38 bits per heavy atom. The molecule has 1 aromatic carbocycles. The second-order valence-electron chi connectivity index (χ2n) is 3.63. The smallest absolute Gasteiger partial charge is 0.163 e. The molecule has 0 unspecified atom stereocenters. The molecule has 2 nitrogen and oxygen atoms in total. The molecule has 0 radical (unpaired) electrons. The molecule has 2 rings (SSSR count). The van der Waals surface area contributed by atoms with Crippen LogP contribution in [0.5, 0.6) is 0 Å². The van der Waals surface area contributed by atoms with Crippen molar-refractivity contribution in [3.63, 3.8) is 0 Å². The maximum atomic E-state index is 11.6. The number of carbonyl (C=O) groups excluding carboxylic acids is 1. The van der Waals surface area contributed by atoms with Crippen molar-refractivity contribution in [2.24, 2.45) is 0 Å². The van der Waals surface area contributed by atoms with E-state index >= 15 is 0 Å². The molecule has 0 fully saturated rings. The van der Waals surface area contributed by atoms with E-state index in [2.05, 4.69) is 0 Å². The van der Waals surface area contributed by atoms with Gasteiger partial charge in [-0.25, -0.2) is 0 Å². The first-order valence-electron chi connectivity index (χ1n) is 5.04. The Hall–Kier alpha value is -0.990. The molecule has 0 saturated carbocycles. The molecule has 0 amide bonds. The van der Waals surface area contributed by atoms with Crippen LogP contribution in [0.25, 0.3) is 10.9 Å². The first-order valence-corrected chi connectivity index (χ1v) is 5.80. The van der Waals surface area contributed by atoms with Crippen molar-refractivity contribution < 1.29 is 4.79 Å². The van der Waals surface area contributed by atoms with Gasteiger partial charge in [0.05, 0.1) is 11.1 Å². The number of aryl methyl sites for hydroxylation is 1.